The Morgan fingerprint density at radius 1 is 0.275 bits per heavy atom. The fourth-order valence-electron chi connectivity index (χ4n) is 9.87. The Morgan fingerprint density at radius 2 is 0.696 bits per heavy atom. The van der Waals surface area contributed by atoms with Crippen molar-refractivity contribution in [2.24, 2.45) is 0 Å². The maximum atomic E-state index is 6.38. The van der Waals surface area contributed by atoms with E-state index in [1.165, 1.54) is 0 Å². The van der Waals surface area contributed by atoms with Gasteiger partial charge in [-0.1, -0.05) is 176 Å². The first-order valence-corrected chi connectivity index (χ1v) is 22.9. The van der Waals surface area contributed by atoms with Gasteiger partial charge in [0.25, 0.3) is 0 Å². The van der Waals surface area contributed by atoms with Crippen molar-refractivity contribution in [3.05, 3.63) is 218 Å². The SMILES string of the molecule is c1ccc(-c2nc(-c3ccccc3)nc(-c3cccc(-n4c5ccccc5c5ccc6c7ccccc7n(-c7nc(-c8ccccc8)nc(-c8ccc9c(c8)oc8ccccc89)n7)c6c54)c3)n2)cc1. The molecule has 0 amide bonds. The Labute approximate surface area is 394 Å². The molecule has 0 fully saturated rings. The Kier molecular flexibility index (Phi) is 8.68. The molecule has 0 saturated heterocycles. The monoisotopic (exact) mass is 884 g/mol. The highest BCUT2D eigenvalue weighted by Crippen LogP contribution is 2.42. The molecule has 69 heavy (non-hydrogen) atoms. The molecule has 9 heteroatoms. The molecule has 0 aliphatic carbocycles. The lowest BCUT2D eigenvalue weighted by Crippen LogP contribution is -2.07. The molecule has 9 aromatic carbocycles. The van der Waals surface area contributed by atoms with Crippen LogP contribution in [0.15, 0.2) is 223 Å². The summed E-state index contributed by atoms with van der Waals surface area (Å²) >= 11 is 0. The van der Waals surface area contributed by atoms with Gasteiger partial charge in [-0.3, -0.25) is 4.57 Å². The van der Waals surface area contributed by atoms with Crippen LogP contribution in [0, 0.1) is 0 Å². The third kappa shape index (κ3) is 6.32. The third-order valence-electron chi connectivity index (χ3n) is 13.0. The molecule has 14 rings (SSSR count). The number of hydrogen-bond donors (Lipinski definition) is 0. The van der Waals surface area contributed by atoms with Crippen molar-refractivity contribution in [1.29, 1.82) is 0 Å². The zero-order chi connectivity index (χ0) is 45.4. The summed E-state index contributed by atoms with van der Waals surface area (Å²) in [6.45, 7) is 0. The van der Waals surface area contributed by atoms with Crippen molar-refractivity contribution in [3.8, 4) is 68.6 Å². The van der Waals surface area contributed by atoms with Crippen LogP contribution in [-0.4, -0.2) is 39.0 Å². The van der Waals surface area contributed by atoms with Gasteiger partial charge in [0.1, 0.15) is 11.2 Å². The molecule has 9 nitrogen and oxygen atoms in total. The third-order valence-corrected chi connectivity index (χ3v) is 13.0. The highest BCUT2D eigenvalue weighted by Gasteiger charge is 2.24. The Morgan fingerprint density at radius 3 is 1.30 bits per heavy atom. The molecule has 0 spiro atoms. The number of fused-ring (bicyclic) bond motifs is 10. The van der Waals surface area contributed by atoms with E-state index in [9.17, 15) is 0 Å². The van der Waals surface area contributed by atoms with E-state index in [2.05, 4.69) is 112 Å². The van der Waals surface area contributed by atoms with Crippen molar-refractivity contribution in [3.63, 3.8) is 0 Å². The number of furan rings is 1. The number of nitrogens with zero attached hydrogens (tertiary/aromatic N) is 8. The summed E-state index contributed by atoms with van der Waals surface area (Å²) in [6, 6.07) is 74.6. The van der Waals surface area contributed by atoms with Gasteiger partial charge in [0.05, 0.1) is 22.1 Å². The summed E-state index contributed by atoms with van der Waals surface area (Å²) in [4.78, 5) is 31.1. The van der Waals surface area contributed by atoms with Crippen molar-refractivity contribution in [1.82, 2.24) is 39.0 Å². The second-order valence-electron chi connectivity index (χ2n) is 17.1. The quantitative estimate of drug-likeness (QED) is 0.157. The van der Waals surface area contributed by atoms with E-state index in [1.54, 1.807) is 0 Å². The van der Waals surface area contributed by atoms with Crippen LogP contribution in [0.4, 0.5) is 0 Å². The number of benzene rings is 9. The predicted octanol–water partition coefficient (Wildman–Crippen LogP) is 14.5. The minimum absolute atomic E-state index is 0.500. The Hall–Kier alpha value is -9.60. The predicted molar refractivity (Wildman–Crippen MR) is 276 cm³/mol. The van der Waals surface area contributed by atoms with Gasteiger partial charge in [0.2, 0.25) is 5.95 Å². The Balaban J connectivity index is 1.03. The maximum Gasteiger partial charge on any atom is 0.238 e. The normalized spacial score (nSPS) is 11.8. The minimum atomic E-state index is 0.500. The van der Waals surface area contributed by atoms with Crippen LogP contribution in [0.5, 0.6) is 0 Å². The minimum Gasteiger partial charge on any atom is -0.456 e. The van der Waals surface area contributed by atoms with Crippen molar-refractivity contribution < 1.29 is 4.42 Å². The van der Waals surface area contributed by atoms with Crippen LogP contribution in [0.3, 0.4) is 0 Å². The maximum absolute atomic E-state index is 6.38. The molecule has 0 unspecified atom stereocenters. The van der Waals surface area contributed by atoms with Crippen molar-refractivity contribution in [2.75, 3.05) is 0 Å². The second kappa shape index (κ2) is 15.5. The first kappa shape index (κ1) is 38.6. The van der Waals surface area contributed by atoms with Crippen LogP contribution < -0.4 is 0 Å². The molecule has 5 heterocycles. The van der Waals surface area contributed by atoms with Crippen LogP contribution in [0.2, 0.25) is 0 Å². The molecular formula is C60H36N8O. The molecule has 0 aliphatic rings. The van der Waals surface area contributed by atoms with Gasteiger partial charge in [-0.05, 0) is 42.5 Å². The molecule has 322 valence electrons. The van der Waals surface area contributed by atoms with Crippen LogP contribution in [0.1, 0.15) is 0 Å². The molecule has 0 bridgehead atoms. The van der Waals surface area contributed by atoms with E-state index in [4.69, 9.17) is 34.3 Å². The summed E-state index contributed by atoms with van der Waals surface area (Å²) in [5.74, 6) is 3.40. The number of aromatic nitrogens is 8. The zero-order valence-corrected chi connectivity index (χ0v) is 36.8. The average molecular weight is 885 g/mol. The van der Waals surface area contributed by atoms with Gasteiger partial charge < -0.3 is 8.98 Å². The highest BCUT2D eigenvalue weighted by atomic mass is 16.3. The lowest BCUT2D eigenvalue weighted by molar-refractivity contribution is 0.669. The van der Waals surface area contributed by atoms with Gasteiger partial charge in [0.15, 0.2) is 29.1 Å². The fourth-order valence-corrected chi connectivity index (χ4v) is 9.87. The zero-order valence-electron chi connectivity index (χ0n) is 36.8. The average Bonchev–Trinajstić information content (AvgIpc) is 4.09. The number of para-hydroxylation sites is 3. The summed E-state index contributed by atoms with van der Waals surface area (Å²) in [5.41, 5.74) is 11.0. The first-order chi connectivity index (χ1) is 34.2. The van der Waals surface area contributed by atoms with E-state index >= 15 is 0 Å². The van der Waals surface area contributed by atoms with Gasteiger partial charge in [-0.2, -0.15) is 9.97 Å². The van der Waals surface area contributed by atoms with Gasteiger partial charge in [0, 0.05) is 65.8 Å². The summed E-state index contributed by atoms with van der Waals surface area (Å²) in [7, 11) is 0. The van der Waals surface area contributed by atoms with E-state index in [0.717, 1.165) is 99.1 Å². The van der Waals surface area contributed by atoms with Crippen LogP contribution >= 0.6 is 0 Å². The molecule has 0 N–H and O–H groups in total. The van der Waals surface area contributed by atoms with E-state index in [-0.39, 0.29) is 0 Å². The van der Waals surface area contributed by atoms with E-state index in [1.807, 2.05) is 115 Å². The Bertz CT molecular complexity index is 4250. The topological polar surface area (TPSA) is 100 Å². The molecule has 5 aromatic heterocycles. The fraction of sp³-hybridized carbons (Fsp3) is 0. The van der Waals surface area contributed by atoms with Gasteiger partial charge >= 0.3 is 0 Å². The van der Waals surface area contributed by atoms with Crippen LogP contribution in [0.25, 0.3) is 134 Å². The molecule has 14 aromatic rings. The van der Waals surface area contributed by atoms with E-state index < -0.39 is 0 Å². The van der Waals surface area contributed by atoms with Crippen molar-refractivity contribution >= 4 is 65.6 Å². The summed E-state index contributed by atoms with van der Waals surface area (Å²) in [5, 5.41) is 6.48. The largest absolute Gasteiger partial charge is 0.456 e. The van der Waals surface area contributed by atoms with E-state index in [0.29, 0.717) is 35.1 Å². The second-order valence-corrected chi connectivity index (χ2v) is 17.1. The summed E-state index contributed by atoms with van der Waals surface area (Å²) in [6.07, 6.45) is 0. The smallest absolute Gasteiger partial charge is 0.238 e. The highest BCUT2D eigenvalue weighted by molar-refractivity contribution is 6.23. The molecule has 0 aliphatic heterocycles. The van der Waals surface area contributed by atoms with Gasteiger partial charge in [-0.15, -0.1) is 0 Å². The van der Waals surface area contributed by atoms with Gasteiger partial charge in [-0.25, -0.2) is 19.9 Å². The number of rotatable bonds is 7. The first-order valence-electron chi connectivity index (χ1n) is 22.9. The lowest BCUT2D eigenvalue weighted by atomic mass is 10.1. The molecule has 0 atom stereocenters. The summed E-state index contributed by atoms with van der Waals surface area (Å²) < 4.78 is 11.0. The van der Waals surface area contributed by atoms with Crippen LogP contribution in [-0.2, 0) is 0 Å². The lowest BCUT2D eigenvalue weighted by Gasteiger charge is -2.14. The molecular weight excluding hydrogens is 849 g/mol. The number of hydrogen-bond acceptors (Lipinski definition) is 7. The molecule has 0 radical (unpaired) electrons. The van der Waals surface area contributed by atoms with Crippen molar-refractivity contribution in [2.45, 2.75) is 0 Å². The standard InChI is InChI=1S/C60H36N8O/c1-4-17-37(18-5-1)55-61-56(38-19-6-2-7-20-38)63-58(62-55)40-23-16-24-42(35-40)67-49-28-13-10-25-43(49)47-33-34-48-44-26-11-14-29-50(44)68(54(48)53(47)67)60-65-57(39-21-8-3-9-22-39)64-59(66-60)41-31-32-46-45-27-12-15-30-51(45)69-52(46)36-41/h1-36H. The molecule has 0 saturated carbocycles.